The van der Waals surface area contributed by atoms with Gasteiger partial charge in [0.15, 0.2) is 0 Å². The highest BCUT2D eigenvalue weighted by Gasteiger charge is 2.57. The molecular weight excluding hydrogens is 820 g/mol. The van der Waals surface area contributed by atoms with E-state index in [1.54, 1.807) is 28.9 Å². The predicted molar refractivity (Wildman–Crippen MR) is 233 cm³/mol. The molecule has 61 heavy (non-hydrogen) atoms. The summed E-state index contributed by atoms with van der Waals surface area (Å²) in [6.07, 6.45) is 0.0126. The fourth-order valence-corrected chi connectivity index (χ4v) is 15.1. The molecule has 4 atom stereocenters. The van der Waals surface area contributed by atoms with E-state index in [9.17, 15) is 23.5 Å². The number of hydrogen-bond acceptors (Lipinski definition) is 8. The summed E-state index contributed by atoms with van der Waals surface area (Å²) in [5, 5.41) is 13.9. The Labute approximate surface area is 363 Å². The average molecular weight is 879 g/mol. The molecule has 0 radical (unpaired) electrons. The molecule has 1 unspecified atom stereocenters. The minimum absolute atomic E-state index is 0.0203. The Morgan fingerprint density at radius 2 is 1.66 bits per heavy atom. The van der Waals surface area contributed by atoms with Gasteiger partial charge >= 0.3 is 5.97 Å². The zero-order valence-corrected chi connectivity index (χ0v) is 37.4. The van der Waals surface area contributed by atoms with Gasteiger partial charge in [-0.3, -0.25) is 14.4 Å². The van der Waals surface area contributed by atoms with Crippen LogP contribution >= 0.6 is 11.6 Å². The molecule has 3 aromatic rings. The molecule has 7 rings (SSSR count). The molecule has 1 spiro atoms. The van der Waals surface area contributed by atoms with Crippen molar-refractivity contribution in [2.75, 3.05) is 33.3 Å². The largest absolute Gasteiger partial charge is 0.487 e. The molecule has 3 fully saturated rings. The Kier molecular flexibility index (Phi) is 12.4. The standard InChI is InChI=1S/C46H58ClF2N5O6Si/c1-44(2,3)61(30-12-8-6-9-13-30,31-14-10-7-11-15-31)60-29-18-20-45(4,43(57)58)33(24-29)42(56)54-23-19-32-34(47)16-17-37(59-27-35(50)40(41(48)49)52(5)51)39(32)36(54)26-53-28-46(21-22-46)25-38(53)55/h6-17,29,33,36,41H,18-28,50-51H2,1-5H3,(H,57,58)/b40-35-/t29-,33+,36?,45+/m1/s1. The number of fused-ring (bicyclic) bond motifs is 1. The van der Waals surface area contributed by atoms with Gasteiger partial charge in [0, 0.05) is 49.8 Å². The van der Waals surface area contributed by atoms with Gasteiger partial charge in [-0.25, -0.2) is 14.6 Å². The number of carbonyl (C=O) groups is 3. The van der Waals surface area contributed by atoms with Crippen LogP contribution in [0.1, 0.15) is 83.4 Å². The summed E-state index contributed by atoms with van der Waals surface area (Å²) in [4.78, 5) is 46.0. The van der Waals surface area contributed by atoms with E-state index >= 15 is 4.79 Å². The van der Waals surface area contributed by atoms with Crippen molar-refractivity contribution in [1.29, 1.82) is 0 Å². The minimum atomic E-state index is -3.09. The number of amides is 2. The third-order valence-corrected chi connectivity index (χ3v) is 19.2. The third-order valence-electron chi connectivity index (χ3n) is 13.7. The summed E-state index contributed by atoms with van der Waals surface area (Å²) < 4.78 is 41.7. The average Bonchev–Trinajstić information content (AvgIpc) is 3.90. The normalized spacial score (nSPS) is 24.1. The van der Waals surface area contributed by atoms with Gasteiger partial charge in [0.05, 0.1) is 23.1 Å². The van der Waals surface area contributed by atoms with Crippen molar-refractivity contribution in [3.63, 3.8) is 0 Å². The lowest BCUT2D eigenvalue weighted by atomic mass is 9.65. The molecule has 2 amide bonds. The van der Waals surface area contributed by atoms with Crippen LogP contribution in [-0.4, -0.2) is 91.8 Å². The van der Waals surface area contributed by atoms with Gasteiger partial charge in [0.1, 0.15) is 18.1 Å². The minimum Gasteiger partial charge on any atom is -0.487 e. The van der Waals surface area contributed by atoms with Crippen LogP contribution in [0.15, 0.2) is 84.2 Å². The summed E-state index contributed by atoms with van der Waals surface area (Å²) >= 11 is 6.87. The molecule has 2 saturated carbocycles. The van der Waals surface area contributed by atoms with E-state index < -0.39 is 56.5 Å². The van der Waals surface area contributed by atoms with E-state index in [0.717, 1.165) is 28.2 Å². The molecule has 0 aromatic heterocycles. The molecule has 5 N–H and O–H groups in total. The van der Waals surface area contributed by atoms with Gasteiger partial charge in [-0.15, -0.1) is 0 Å². The van der Waals surface area contributed by atoms with Crippen LogP contribution in [0.3, 0.4) is 0 Å². The Balaban J connectivity index is 1.28. The molecule has 328 valence electrons. The number of nitrogens with zero attached hydrogens (tertiary/aromatic N) is 3. The number of likely N-dealkylation sites (tertiary alicyclic amines) is 1. The first-order valence-corrected chi connectivity index (χ1v) is 23.4. The molecule has 15 heteroatoms. The number of carboxylic acids is 1. The maximum Gasteiger partial charge on any atom is 0.310 e. The van der Waals surface area contributed by atoms with E-state index in [2.05, 4.69) is 45.0 Å². The van der Waals surface area contributed by atoms with Gasteiger partial charge in [-0.05, 0) is 84.0 Å². The van der Waals surface area contributed by atoms with Gasteiger partial charge in [-0.2, -0.15) is 0 Å². The highest BCUT2D eigenvalue weighted by molar-refractivity contribution is 6.99. The number of ether oxygens (including phenoxy) is 1. The molecule has 3 aromatic carbocycles. The van der Waals surface area contributed by atoms with E-state index in [4.69, 9.17) is 32.3 Å². The second-order valence-electron chi connectivity index (χ2n) is 18.7. The topological polar surface area (TPSA) is 152 Å². The van der Waals surface area contributed by atoms with Crippen molar-refractivity contribution in [2.24, 2.45) is 28.3 Å². The fourth-order valence-electron chi connectivity index (χ4n) is 10.1. The number of carbonyl (C=O) groups excluding carboxylic acids is 2. The summed E-state index contributed by atoms with van der Waals surface area (Å²) in [6.45, 7) is 8.63. The molecule has 1 saturated heterocycles. The Hall–Kier alpha value is -4.50. The lowest BCUT2D eigenvalue weighted by Gasteiger charge is -2.50. The van der Waals surface area contributed by atoms with Crippen LogP contribution in [0.2, 0.25) is 10.1 Å². The van der Waals surface area contributed by atoms with Gasteiger partial charge in [0.2, 0.25) is 11.8 Å². The Bertz CT molecular complexity index is 2120. The molecule has 4 aliphatic rings. The molecule has 11 nitrogen and oxygen atoms in total. The molecule has 2 aliphatic heterocycles. The van der Waals surface area contributed by atoms with Crippen molar-refractivity contribution in [2.45, 2.75) is 96.3 Å². The lowest BCUT2D eigenvalue weighted by molar-refractivity contribution is -0.165. The van der Waals surface area contributed by atoms with Crippen molar-refractivity contribution in [3.05, 3.63) is 100 Å². The third kappa shape index (κ3) is 8.40. The first-order valence-electron chi connectivity index (χ1n) is 21.1. The number of benzene rings is 3. The summed E-state index contributed by atoms with van der Waals surface area (Å²) in [5.41, 5.74) is 5.00. The van der Waals surface area contributed by atoms with E-state index in [0.29, 0.717) is 42.0 Å². The number of rotatable bonds is 13. The maximum atomic E-state index is 15.5. The summed E-state index contributed by atoms with van der Waals surface area (Å²) in [5.74, 6) is 3.52. The fraction of sp³-hybridized carbons (Fsp3) is 0.500. The number of hydrazine groups is 1. The van der Waals surface area contributed by atoms with E-state index in [1.807, 2.05) is 36.4 Å². The number of halogens is 3. The van der Waals surface area contributed by atoms with E-state index in [1.165, 1.54) is 7.05 Å². The highest BCUT2D eigenvalue weighted by Crippen LogP contribution is 2.54. The quantitative estimate of drug-likeness (QED) is 0.103. The number of allylic oxidation sites excluding steroid dienone is 1. The maximum absolute atomic E-state index is 15.5. The number of aliphatic carboxylic acids is 1. The second-order valence-corrected chi connectivity index (χ2v) is 23.4. The first-order chi connectivity index (χ1) is 28.8. The first kappa shape index (κ1) is 44.5. The van der Waals surface area contributed by atoms with Crippen molar-refractivity contribution in [1.82, 2.24) is 14.8 Å². The zero-order chi connectivity index (χ0) is 44.1. The highest BCUT2D eigenvalue weighted by atomic mass is 35.5. The van der Waals surface area contributed by atoms with Crippen LogP contribution in [-0.2, 0) is 25.2 Å². The monoisotopic (exact) mass is 877 g/mol. The van der Waals surface area contributed by atoms with Crippen LogP contribution in [0.5, 0.6) is 5.75 Å². The van der Waals surface area contributed by atoms with Gasteiger partial charge in [0.25, 0.3) is 14.7 Å². The molecule has 2 heterocycles. The lowest BCUT2D eigenvalue weighted by Crippen LogP contribution is -2.68. The number of hydrogen-bond donors (Lipinski definition) is 3. The van der Waals surface area contributed by atoms with Gasteiger partial charge < -0.3 is 34.8 Å². The van der Waals surface area contributed by atoms with Crippen molar-refractivity contribution in [3.8, 4) is 5.75 Å². The van der Waals surface area contributed by atoms with E-state index in [-0.39, 0.29) is 59.6 Å². The van der Waals surface area contributed by atoms with Crippen LogP contribution in [0.4, 0.5) is 8.78 Å². The molecule has 2 aliphatic carbocycles. The predicted octanol–water partition coefficient (Wildman–Crippen LogP) is 6.23. The summed E-state index contributed by atoms with van der Waals surface area (Å²) in [7, 11) is -1.83. The zero-order valence-electron chi connectivity index (χ0n) is 35.6. The van der Waals surface area contributed by atoms with Gasteiger partial charge in [-0.1, -0.05) is 93.0 Å². The number of nitrogens with two attached hydrogens (primary N) is 2. The SMILES string of the molecule is CN(N)/C(=C(\N)COc1ccc(Cl)c2c1C(CN1CC3(CC3)CC1=O)N(C(=O)[C@@H]1C[C@H](O[Si](c3ccccc3)(c3ccccc3)C(C)(C)C)CC[C@]1(C)C(=O)O)CC2)C(F)F. The van der Waals surface area contributed by atoms with Crippen LogP contribution in [0, 0.1) is 16.7 Å². The second kappa shape index (κ2) is 17.0. The molecule has 0 bridgehead atoms. The van der Waals surface area contributed by atoms with Crippen molar-refractivity contribution >= 4 is 48.1 Å². The van der Waals surface area contributed by atoms with Crippen LogP contribution < -0.4 is 26.7 Å². The smallest absolute Gasteiger partial charge is 0.310 e. The van der Waals surface area contributed by atoms with Crippen LogP contribution in [0.25, 0.3) is 0 Å². The summed E-state index contributed by atoms with van der Waals surface area (Å²) in [6, 6.07) is 22.9. The Morgan fingerprint density at radius 1 is 1.03 bits per heavy atom. The number of carboxylic acid groups (broad SMARTS) is 1. The Morgan fingerprint density at radius 3 is 2.18 bits per heavy atom. The van der Waals surface area contributed by atoms with Crippen molar-refractivity contribution < 1.29 is 37.4 Å². The number of alkyl halides is 2. The molecular formula is C46H58ClF2N5O6Si.